The van der Waals surface area contributed by atoms with Crippen LogP contribution in [-0.4, -0.2) is 33.3 Å². The molecule has 1 aliphatic rings. The highest BCUT2D eigenvalue weighted by atomic mass is 16.4. The summed E-state index contributed by atoms with van der Waals surface area (Å²) >= 11 is 0. The first-order valence-electron chi connectivity index (χ1n) is 7.30. The summed E-state index contributed by atoms with van der Waals surface area (Å²) < 4.78 is 1.85. The monoisotopic (exact) mass is 299 g/mol. The zero-order chi connectivity index (χ0) is 15.5. The van der Waals surface area contributed by atoms with Gasteiger partial charge in [0.15, 0.2) is 0 Å². The minimum absolute atomic E-state index is 0.309. The third-order valence-corrected chi connectivity index (χ3v) is 3.82. The molecule has 0 radical (unpaired) electrons. The van der Waals surface area contributed by atoms with E-state index in [-0.39, 0.29) is 12.5 Å². The first-order chi connectivity index (χ1) is 10.7. The number of aliphatic carboxylic acids is 1. The summed E-state index contributed by atoms with van der Waals surface area (Å²) in [5, 5.41) is 13.4. The van der Waals surface area contributed by atoms with Gasteiger partial charge in [-0.25, -0.2) is 0 Å². The number of aryl methyl sites for hydroxylation is 1. The summed E-state index contributed by atoms with van der Waals surface area (Å²) in [6, 6.07) is 8.86. The zero-order valence-corrected chi connectivity index (χ0v) is 12.1. The predicted molar refractivity (Wildman–Crippen MR) is 80.9 cm³/mol. The van der Waals surface area contributed by atoms with Gasteiger partial charge < -0.3 is 5.11 Å². The van der Waals surface area contributed by atoms with E-state index in [4.69, 9.17) is 5.11 Å². The van der Waals surface area contributed by atoms with Gasteiger partial charge in [0.1, 0.15) is 6.54 Å². The van der Waals surface area contributed by atoms with Gasteiger partial charge in [0.2, 0.25) is 0 Å². The number of benzene rings is 1. The van der Waals surface area contributed by atoms with Crippen molar-refractivity contribution in [3.05, 3.63) is 47.8 Å². The van der Waals surface area contributed by atoms with Crippen molar-refractivity contribution in [3.63, 3.8) is 0 Å². The van der Waals surface area contributed by atoms with Gasteiger partial charge >= 0.3 is 5.97 Å². The quantitative estimate of drug-likeness (QED) is 0.936. The van der Waals surface area contributed by atoms with Crippen molar-refractivity contribution < 1.29 is 14.7 Å². The number of amides is 1. The Kier molecular flexibility index (Phi) is 3.91. The first-order valence-corrected chi connectivity index (χ1v) is 7.30. The minimum atomic E-state index is -1.04. The number of carbonyl (C=O) groups excluding carboxylic acids is 1. The van der Waals surface area contributed by atoms with Crippen molar-refractivity contribution in [2.75, 3.05) is 11.4 Å². The molecule has 1 aliphatic heterocycles. The number of nitrogens with zero attached hydrogens (tertiary/aromatic N) is 3. The van der Waals surface area contributed by atoms with Gasteiger partial charge in [0.25, 0.3) is 5.91 Å². The molecule has 6 heteroatoms. The highest BCUT2D eigenvalue weighted by molar-refractivity contribution is 6.08. The second kappa shape index (κ2) is 6.01. The van der Waals surface area contributed by atoms with Crippen LogP contribution in [0.2, 0.25) is 0 Å². The second-order valence-corrected chi connectivity index (χ2v) is 5.31. The van der Waals surface area contributed by atoms with Crippen molar-refractivity contribution in [1.82, 2.24) is 9.78 Å². The van der Waals surface area contributed by atoms with Crippen LogP contribution in [0.25, 0.3) is 0 Å². The number of aromatic nitrogens is 2. The lowest BCUT2D eigenvalue weighted by Crippen LogP contribution is -2.36. The molecule has 0 unspecified atom stereocenters. The van der Waals surface area contributed by atoms with E-state index in [1.807, 2.05) is 10.7 Å². The van der Waals surface area contributed by atoms with Crippen LogP contribution in [0, 0.1) is 0 Å². The van der Waals surface area contributed by atoms with Gasteiger partial charge in [-0.15, -0.1) is 0 Å². The third kappa shape index (κ3) is 2.72. The van der Waals surface area contributed by atoms with Crippen molar-refractivity contribution in [1.29, 1.82) is 0 Å². The molecule has 0 bridgehead atoms. The molecule has 0 saturated heterocycles. The summed E-state index contributed by atoms with van der Waals surface area (Å²) in [5.74, 6) is -1.35. The minimum Gasteiger partial charge on any atom is -0.480 e. The molecular weight excluding hydrogens is 282 g/mol. The Hall–Kier alpha value is -2.63. The lowest BCUT2D eigenvalue weighted by molar-refractivity contribution is -0.135. The highest BCUT2D eigenvalue weighted by Gasteiger charge is 2.26. The topological polar surface area (TPSA) is 75.4 Å². The fourth-order valence-corrected chi connectivity index (χ4v) is 2.77. The fraction of sp³-hybridized carbons (Fsp3) is 0.312. The SMILES string of the molecule is O=C(O)CN(C(=O)c1cnn2c1CCCC2)c1ccccc1. The van der Waals surface area contributed by atoms with E-state index < -0.39 is 5.97 Å². The summed E-state index contributed by atoms with van der Waals surface area (Å²) in [6.07, 6.45) is 4.44. The first kappa shape index (κ1) is 14.3. The molecule has 6 nitrogen and oxygen atoms in total. The van der Waals surface area contributed by atoms with Crippen LogP contribution >= 0.6 is 0 Å². The molecular formula is C16H17N3O3. The summed E-state index contributed by atoms with van der Waals surface area (Å²) in [4.78, 5) is 25.2. The van der Waals surface area contributed by atoms with Gasteiger partial charge in [-0.3, -0.25) is 19.2 Å². The van der Waals surface area contributed by atoms with Crippen LogP contribution < -0.4 is 4.90 Å². The molecule has 1 aromatic heterocycles. The Morgan fingerprint density at radius 3 is 2.73 bits per heavy atom. The molecule has 3 rings (SSSR count). The van der Waals surface area contributed by atoms with Crippen molar-refractivity contribution in [3.8, 4) is 0 Å². The van der Waals surface area contributed by atoms with E-state index in [9.17, 15) is 9.59 Å². The van der Waals surface area contributed by atoms with Crippen LogP contribution in [0.3, 0.4) is 0 Å². The second-order valence-electron chi connectivity index (χ2n) is 5.31. The third-order valence-electron chi connectivity index (χ3n) is 3.82. The Labute approximate surface area is 128 Å². The summed E-state index contributed by atoms with van der Waals surface area (Å²) in [7, 11) is 0. The maximum absolute atomic E-state index is 12.8. The number of rotatable bonds is 4. The van der Waals surface area contributed by atoms with Crippen LogP contribution in [0.4, 0.5) is 5.69 Å². The average molecular weight is 299 g/mol. The van der Waals surface area contributed by atoms with Crippen LogP contribution in [0.1, 0.15) is 28.9 Å². The van der Waals surface area contributed by atoms with E-state index in [1.165, 1.54) is 4.90 Å². The van der Waals surface area contributed by atoms with E-state index in [2.05, 4.69) is 5.10 Å². The van der Waals surface area contributed by atoms with Gasteiger partial charge in [0, 0.05) is 12.2 Å². The number of fused-ring (bicyclic) bond motifs is 1. The van der Waals surface area contributed by atoms with E-state index in [1.54, 1.807) is 30.5 Å². The lowest BCUT2D eigenvalue weighted by atomic mass is 10.1. The number of para-hydroxylation sites is 1. The molecule has 0 aliphatic carbocycles. The van der Waals surface area contributed by atoms with Gasteiger partial charge in [-0.05, 0) is 31.4 Å². The molecule has 0 fully saturated rings. The fourth-order valence-electron chi connectivity index (χ4n) is 2.77. The maximum Gasteiger partial charge on any atom is 0.323 e. The molecule has 1 amide bonds. The number of carboxylic acid groups (broad SMARTS) is 1. The van der Waals surface area contributed by atoms with Crippen molar-refractivity contribution in [2.24, 2.45) is 0 Å². The largest absolute Gasteiger partial charge is 0.480 e. The van der Waals surface area contributed by atoms with E-state index in [0.29, 0.717) is 11.3 Å². The molecule has 22 heavy (non-hydrogen) atoms. The Bertz CT molecular complexity index is 694. The molecule has 0 atom stereocenters. The van der Waals surface area contributed by atoms with E-state index in [0.717, 1.165) is 31.5 Å². The molecule has 1 aromatic carbocycles. The molecule has 0 spiro atoms. The molecule has 2 heterocycles. The summed E-state index contributed by atoms with van der Waals surface area (Å²) in [5.41, 5.74) is 1.98. The molecule has 114 valence electrons. The number of hydrogen-bond acceptors (Lipinski definition) is 3. The molecule has 1 N–H and O–H groups in total. The summed E-state index contributed by atoms with van der Waals surface area (Å²) in [6.45, 7) is 0.445. The van der Waals surface area contributed by atoms with Gasteiger partial charge in [-0.1, -0.05) is 18.2 Å². The molecule has 2 aromatic rings. The van der Waals surface area contributed by atoms with Crippen molar-refractivity contribution in [2.45, 2.75) is 25.8 Å². The van der Waals surface area contributed by atoms with Gasteiger partial charge in [-0.2, -0.15) is 5.10 Å². The number of anilines is 1. The normalized spacial score (nSPS) is 13.5. The van der Waals surface area contributed by atoms with Crippen LogP contribution in [0.5, 0.6) is 0 Å². The Morgan fingerprint density at radius 1 is 1.23 bits per heavy atom. The highest BCUT2D eigenvalue weighted by Crippen LogP contribution is 2.22. The number of carboxylic acids is 1. The number of hydrogen-bond donors (Lipinski definition) is 1. The van der Waals surface area contributed by atoms with Crippen molar-refractivity contribution >= 4 is 17.6 Å². The van der Waals surface area contributed by atoms with Crippen LogP contribution in [0.15, 0.2) is 36.5 Å². The maximum atomic E-state index is 12.8. The molecule has 0 saturated carbocycles. The van der Waals surface area contributed by atoms with Crippen LogP contribution in [-0.2, 0) is 17.8 Å². The lowest BCUT2D eigenvalue weighted by Gasteiger charge is -2.22. The average Bonchev–Trinajstić information content (AvgIpc) is 2.97. The smallest absolute Gasteiger partial charge is 0.323 e. The Morgan fingerprint density at radius 2 is 2.00 bits per heavy atom. The van der Waals surface area contributed by atoms with E-state index >= 15 is 0 Å². The zero-order valence-electron chi connectivity index (χ0n) is 12.1. The van der Waals surface area contributed by atoms with Gasteiger partial charge in [0.05, 0.1) is 17.5 Å². The standard InChI is InChI=1S/C16H17N3O3/c20-15(21)11-18(12-6-2-1-3-7-12)16(22)13-10-17-19-9-5-4-8-14(13)19/h1-3,6-7,10H,4-5,8-9,11H2,(H,20,21). The number of carbonyl (C=O) groups is 2. The predicted octanol–water partition coefficient (Wildman–Crippen LogP) is 1.95. The Balaban J connectivity index is 1.96.